The number of anilines is 1. The highest BCUT2D eigenvalue weighted by Crippen LogP contribution is 2.49. The van der Waals surface area contributed by atoms with Gasteiger partial charge in [-0.2, -0.15) is 0 Å². The molecule has 132 valence electrons. The van der Waals surface area contributed by atoms with E-state index in [0.29, 0.717) is 10.2 Å². The Morgan fingerprint density at radius 3 is 2.54 bits per heavy atom. The highest BCUT2D eigenvalue weighted by Gasteiger charge is 2.51. The predicted octanol–water partition coefficient (Wildman–Crippen LogP) is 5.15. The number of carbonyl (C=O) groups excluding carboxylic acids is 1. The van der Waals surface area contributed by atoms with Crippen LogP contribution >= 0.6 is 34.7 Å². The van der Waals surface area contributed by atoms with E-state index in [1.807, 2.05) is 42.5 Å². The van der Waals surface area contributed by atoms with Crippen LogP contribution < -0.4 is 5.32 Å². The van der Waals surface area contributed by atoms with E-state index in [1.165, 1.54) is 16.9 Å². The molecule has 1 aliphatic rings. The van der Waals surface area contributed by atoms with Crippen molar-refractivity contribution in [2.75, 3.05) is 5.32 Å². The molecule has 0 radical (unpaired) electrons. The van der Waals surface area contributed by atoms with Gasteiger partial charge >= 0.3 is 0 Å². The molecule has 26 heavy (non-hydrogen) atoms. The summed E-state index contributed by atoms with van der Waals surface area (Å²) in [5.74, 6) is 0.814. The molecular weight excluding hydrogens is 386 g/mol. The van der Waals surface area contributed by atoms with Gasteiger partial charge in [-0.1, -0.05) is 77.2 Å². The van der Waals surface area contributed by atoms with Crippen LogP contribution in [0.4, 0.5) is 5.13 Å². The molecule has 1 N–H and O–H groups in total. The zero-order chi connectivity index (χ0) is 18.0. The lowest BCUT2D eigenvalue weighted by molar-refractivity contribution is -0.118. The van der Waals surface area contributed by atoms with Crippen LogP contribution in [0.3, 0.4) is 0 Å². The Bertz CT molecular complexity index is 908. The molecule has 0 spiro atoms. The maximum Gasteiger partial charge on any atom is 0.236 e. The number of hydrogen-bond acceptors (Lipinski definition) is 5. The Morgan fingerprint density at radius 1 is 1.12 bits per heavy atom. The molecule has 0 aliphatic heterocycles. The maximum atomic E-state index is 12.8. The summed E-state index contributed by atoms with van der Waals surface area (Å²) in [6.07, 6.45) is 1.68. The number of aromatic nitrogens is 2. The monoisotopic (exact) mass is 401 g/mol. The van der Waals surface area contributed by atoms with Crippen molar-refractivity contribution >= 4 is 45.7 Å². The summed E-state index contributed by atoms with van der Waals surface area (Å²) < 4.78 is 0.848. The maximum absolute atomic E-state index is 12.8. The fourth-order valence-electron chi connectivity index (χ4n) is 2.80. The number of benzene rings is 2. The van der Waals surface area contributed by atoms with E-state index in [1.54, 1.807) is 11.8 Å². The van der Waals surface area contributed by atoms with Gasteiger partial charge in [-0.05, 0) is 36.1 Å². The molecule has 3 aromatic rings. The minimum Gasteiger partial charge on any atom is -0.300 e. The number of halogens is 1. The Kier molecular flexibility index (Phi) is 4.98. The van der Waals surface area contributed by atoms with Gasteiger partial charge in [0.15, 0.2) is 4.34 Å². The number of rotatable bonds is 6. The normalized spacial score (nSPS) is 14.8. The van der Waals surface area contributed by atoms with Crippen LogP contribution in [0.5, 0.6) is 0 Å². The first-order valence-electron chi connectivity index (χ1n) is 8.23. The van der Waals surface area contributed by atoms with E-state index in [4.69, 9.17) is 11.6 Å². The van der Waals surface area contributed by atoms with Gasteiger partial charge in [0.25, 0.3) is 0 Å². The van der Waals surface area contributed by atoms with Crippen LogP contribution in [0.15, 0.2) is 58.9 Å². The molecule has 1 saturated carbocycles. The van der Waals surface area contributed by atoms with E-state index < -0.39 is 5.41 Å². The smallest absolute Gasteiger partial charge is 0.236 e. The third-order valence-corrected chi connectivity index (χ3v) is 6.71. The first-order chi connectivity index (χ1) is 12.7. The van der Waals surface area contributed by atoms with Crippen molar-refractivity contribution in [1.29, 1.82) is 0 Å². The van der Waals surface area contributed by atoms with Gasteiger partial charge in [0.1, 0.15) is 0 Å². The van der Waals surface area contributed by atoms with Crippen molar-refractivity contribution in [3.05, 3.63) is 70.7 Å². The summed E-state index contributed by atoms with van der Waals surface area (Å²) in [7, 11) is 0. The van der Waals surface area contributed by atoms with Gasteiger partial charge < -0.3 is 0 Å². The van der Waals surface area contributed by atoms with Crippen molar-refractivity contribution in [3.8, 4) is 0 Å². The predicted molar refractivity (Wildman–Crippen MR) is 107 cm³/mol. The molecular formula is C19H16ClN3OS2. The van der Waals surface area contributed by atoms with Crippen molar-refractivity contribution in [1.82, 2.24) is 10.2 Å². The molecule has 1 fully saturated rings. The van der Waals surface area contributed by atoms with Crippen molar-refractivity contribution in [2.24, 2.45) is 0 Å². The van der Waals surface area contributed by atoms with Crippen LogP contribution in [0.25, 0.3) is 0 Å². The third-order valence-electron chi connectivity index (χ3n) is 4.41. The number of carbonyl (C=O) groups is 1. The number of nitrogens with one attached hydrogen (secondary N) is 1. The second kappa shape index (κ2) is 7.39. The minimum absolute atomic E-state index is 0.0180. The highest BCUT2D eigenvalue weighted by atomic mass is 35.5. The van der Waals surface area contributed by atoms with Gasteiger partial charge in [0, 0.05) is 10.8 Å². The number of thioether (sulfide) groups is 1. The van der Waals surface area contributed by atoms with Gasteiger partial charge in [-0.3, -0.25) is 10.1 Å². The molecule has 1 heterocycles. The van der Waals surface area contributed by atoms with E-state index >= 15 is 0 Å². The van der Waals surface area contributed by atoms with Gasteiger partial charge in [-0.25, -0.2) is 0 Å². The fraction of sp³-hybridized carbons (Fsp3) is 0.211. The fourth-order valence-corrected chi connectivity index (χ4v) is 4.62. The molecule has 1 amide bonds. The minimum atomic E-state index is -0.451. The first-order valence-corrected chi connectivity index (χ1v) is 10.4. The van der Waals surface area contributed by atoms with Crippen LogP contribution in [-0.4, -0.2) is 16.1 Å². The lowest BCUT2D eigenvalue weighted by Gasteiger charge is -2.14. The highest BCUT2D eigenvalue weighted by molar-refractivity contribution is 8.00. The molecule has 0 bridgehead atoms. The Labute approximate surface area is 165 Å². The zero-order valence-electron chi connectivity index (χ0n) is 13.8. The number of amides is 1. The van der Waals surface area contributed by atoms with Crippen LogP contribution in [0.1, 0.15) is 24.0 Å². The quantitative estimate of drug-likeness (QED) is 0.458. The molecule has 0 saturated heterocycles. The summed E-state index contributed by atoms with van der Waals surface area (Å²) >= 11 is 8.98. The van der Waals surface area contributed by atoms with E-state index in [-0.39, 0.29) is 5.91 Å². The molecule has 0 atom stereocenters. The van der Waals surface area contributed by atoms with Crippen LogP contribution in [0, 0.1) is 0 Å². The Hall–Kier alpha value is -1.89. The summed E-state index contributed by atoms with van der Waals surface area (Å²) in [6, 6.07) is 17.7. The Morgan fingerprint density at radius 2 is 1.85 bits per heavy atom. The SMILES string of the molecule is O=C(Nc1nnc(SCc2ccccc2)s1)C1(c2ccc(Cl)cc2)CC1. The number of hydrogen-bond donors (Lipinski definition) is 1. The topological polar surface area (TPSA) is 54.9 Å². The molecule has 0 unspecified atom stereocenters. The standard InChI is InChI=1S/C19H16ClN3OS2/c20-15-8-6-14(7-9-15)19(10-11-19)16(24)21-17-22-23-18(26-17)25-12-13-4-2-1-3-5-13/h1-9H,10-12H2,(H,21,22,24). The summed E-state index contributed by atoms with van der Waals surface area (Å²) in [4.78, 5) is 12.8. The average molecular weight is 402 g/mol. The van der Waals surface area contributed by atoms with Gasteiger partial charge in [0.2, 0.25) is 11.0 Å². The summed E-state index contributed by atoms with van der Waals surface area (Å²) in [6.45, 7) is 0. The van der Waals surface area contributed by atoms with E-state index in [9.17, 15) is 4.79 Å². The van der Waals surface area contributed by atoms with Gasteiger partial charge in [0.05, 0.1) is 5.41 Å². The van der Waals surface area contributed by atoms with Crippen molar-refractivity contribution in [3.63, 3.8) is 0 Å². The second-order valence-corrected chi connectivity index (χ2v) is 8.83. The summed E-state index contributed by atoms with van der Waals surface area (Å²) in [5.41, 5.74) is 1.79. The first kappa shape index (κ1) is 17.5. The zero-order valence-corrected chi connectivity index (χ0v) is 16.2. The lowest BCUT2D eigenvalue weighted by Crippen LogP contribution is -2.27. The van der Waals surface area contributed by atoms with E-state index in [0.717, 1.165) is 28.5 Å². The average Bonchev–Trinajstić information content (AvgIpc) is 3.36. The Balaban J connectivity index is 1.39. The lowest BCUT2D eigenvalue weighted by atomic mass is 9.95. The largest absolute Gasteiger partial charge is 0.300 e. The molecule has 2 aromatic carbocycles. The van der Waals surface area contributed by atoms with Crippen LogP contribution in [0.2, 0.25) is 5.02 Å². The van der Waals surface area contributed by atoms with Gasteiger partial charge in [-0.15, -0.1) is 10.2 Å². The van der Waals surface area contributed by atoms with Crippen molar-refractivity contribution < 1.29 is 4.79 Å². The number of nitrogens with zero attached hydrogens (tertiary/aromatic N) is 2. The molecule has 1 aliphatic carbocycles. The molecule has 7 heteroatoms. The third kappa shape index (κ3) is 3.77. The van der Waals surface area contributed by atoms with Crippen LogP contribution in [-0.2, 0) is 16.0 Å². The molecule has 4 rings (SSSR count). The summed E-state index contributed by atoms with van der Waals surface area (Å²) in [5, 5.41) is 12.4. The van der Waals surface area contributed by atoms with Crippen molar-refractivity contribution in [2.45, 2.75) is 28.3 Å². The second-order valence-electron chi connectivity index (χ2n) is 6.19. The van der Waals surface area contributed by atoms with E-state index in [2.05, 4.69) is 27.6 Å². The molecule has 1 aromatic heterocycles. The molecule has 4 nitrogen and oxygen atoms in total.